The number of hydrogen-bond acceptors (Lipinski definition) is 2. The summed E-state index contributed by atoms with van der Waals surface area (Å²) in [7, 11) is -1.05. The van der Waals surface area contributed by atoms with Crippen LogP contribution in [0.3, 0.4) is 0 Å². The summed E-state index contributed by atoms with van der Waals surface area (Å²) in [5.74, 6) is 0.408. The molecule has 0 aliphatic carbocycles. The van der Waals surface area contributed by atoms with Gasteiger partial charge in [-0.3, -0.25) is 4.21 Å². The molecule has 0 amide bonds. The van der Waals surface area contributed by atoms with Crippen LogP contribution in [0.15, 0.2) is 23.6 Å². The van der Waals surface area contributed by atoms with Gasteiger partial charge in [-0.25, -0.2) is 0 Å². The normalized spacial score (nSPS) is 13.8. The highest BCUT2D eigenvalue weighted by Crippen LogP contribution is 2.06. The Bertz CT molecular complexity index is 219. The van der Waals surface area contributed by atoms with Gasteiger partial charge < -0.3 is 4.79 Å². The van der Waals surface area contributed by atoms with Crippen LogP contribution in [0.5, 0.6) is 0 Å². The lowest BCUT2D eigenvalue weighted by molar-refractivity contribution is -0.107. The maximum absolute atomic E-state index is 11.5. The van der Waals surface area contributed by atoms with Gasteiger partial charge in [-0.15, -0.1) is 0 Å². The number of rotatable bonds is 7. The summed E-state index contributed by atoms with van der Waals surface area (Å²) < 4.78 is 11.5. The molecule has 13 heavy (non-hydrogen) atoms. The molecule has 1 unspecified atom stereocenters. The minimum atomic E-state index is -1.05. The average Bonchev–Trinajstić information content (AvgIpc) is 2.16. The van der Waals surface area contributed by atoms with Gasteiger partial charge in [0.05, 0.1) is 10.8 Å². The number of allylic oxidation sites excluding steroid dienone is 2. The third-order valence-corrected chi connectivity index (χ3v) is 2.98. The van der Waals surface area contributed by atoms with Crippen LogP contribution in [0.1, 0.15) is 26.2 Å². The third kappa shape index (κ3) is 5.53. The van der Waals surface area contributed by atoms with Crippen molar-refractivity contribution in [3.05, 3.63) is 23.6 Å². The fourth-order valence-corrected chi connectivity index (χ4v) is 1.86. The summed E-state index contributed by atoms with van der Waals surface area (Å²) in [6.07, 6.45) is 6.61. The molecule has 0 aliphatic heterocycles. The first kappa shape index (κ1) is 12.3. The molecule has 3 heteroatoms. The van der Waals surface area contributed by atoms with Crippen molar-refractivity contribution in [3.8, 4) is 0 Å². The van der Waals surface area contributed by atoms with Gasteiger partial charge >= 0.3 is 0 Å². The number of carbonyl (C=O) groups excluding carboxylic acids is 1. The summed E-state index contributed by atoms with van der Waals surface area (Å²) in [6.45, 7) is 5.65. The highest BCUT2D eigenvalue weighted by Gasteiger charge is 2.02. The number of carbonyl (C=O) groups is 1. The maximum atomic E-state index is 11.5. The Labute approximate surface area is 82.2 Å². The number of unbranched alkanes of at least 4 members (excludes halogenated alkanes) is 1. The molecule has 1 atom stereocenters. The van der Waals surface area contributed by atoms with Gasteiger partial charge in [-0.05, 0) is 6.42 Å². The Balaban J connectivity index is 4.14. The smallest absolute Gasteiger partial charge is 0.120 e. The lowest BCUT2D eigenvalue weighted by Gasteiger charge is -1.99. The topological polar surface area (TPSA) is 34.1 Å². The molecule has 2 nitrogen and oxygen atoms in total. The molecule has 0 aliphatic rings. The van der Waals surface area contributed by atoms with Crippen molar-refractivity contribution in [2.75, 3.05) is 5.75 Å². The molecule has 0 aromatic heterocycles. The molecule has 0 bridgehead atoms. The zero-order chi connectivity index (χ0) is 10.1. The van der Waals surface area contributed by atoms with Crippen LogP contribution in [0.4, 0.5) is 0 Å². The second kappa shape index (κ2) is 7.92. The monoisotopic (exact) mass is 200 g/mol. The van der Waals surface area contributed by atoms with E-state index in [2.05, 4.69) is 13.5 Å². The van der Waals surface area contributed by atoms with Crippen molar-refractivity contribution in [2.24, 2.45) is 0 Å². The zero-order valence-electron chi connectivity index (χ0n) is 7.99. The van der Waals surface area contributed by atoms with Gasteiger partial charge in [0, 0.05) is 17.1 Å². The molecule has 0 fully saturated rings. The van der Waals surface area contributed by atoms with E-state index in [9.17, 15) is 9.00 Å². The van der Waals surface area contributed by atoms with E-state index in [1.807, 2.05) is 6.08 Å². The first-order chi connectivity index (χ1) is 6.26. The lowest BCUT2D eigenvalue weighted by Crippen LogP contribution is -1.99. The van der Waals surface area contributed by atoms with Gasteiger partial charge in [0.25, 0.3) is 0 Å². The molecule has 0 rings (SSSR count). The molecule has 74 valence electrons. The zero-order valence-corrected chi connectivity index (χ0v) is 8.81. The van der Waals surface area contributed by atoms with E-state index < -0.39 is 10.8 Å². The first-order valence-corrected chi connectivity index (χ1v) is 5.72. The van der Waals surface area contributed by atoms with Gasteiger partial charge in [-0.1, -0.05) is 32.1 Å². The summed E-state index contributed by atoms with van der Waals surface area (Å²) in [4.78, 5) is 10.8. The van der Waals surface area contributed by atoms with Crippen LogP contribution >= 0.6 is 0 Å². The van der Waals surface area contributed by atoms with Crippen LogP contribution < -0.4 is 0 Å². The average molecular weight is 200 g/mol. The SMILES string of the molecule is C=C/C(=C\CCC)S(=O)CCC=O. The summed E-state index contributed by atoms with van der Waals surface area (Å²) in [6, 6.07) is 0. The summed E-state index contributed by atoms with van der Waals surface area (Å²) in [5, 5.41) is 0. The lowest BCUT2D eigenvalue weighted by atomic mass is 10.3. The molecule has 0 aromatic rings. The molecule has 0 N–H and O–H groups in total. The van der Waals surface area contributed by atoms with Crippen molar-refractivity contribution in [2.45, 2.75) is 26.2 Å². The van der Waals surface area contributed by atoms with Crippen LogP contribution in [-0.2, 0) is 15.6 Å². The van der Waals surface area contributed by atoms with E-state index in [-0.39, 0.29) is 0 Å². The minimum Gasteiger partial charge on any atom is -0.303 e. The molecule has 0 radical (unpaired) electrons. The Morgan fingerprint density at radius 3 is 2.62 bits per heavy atom. The third-order valence-electron chi connectivity index (χ3n) is 1.52. The molecule has 0 heterocycles. The molecule has 0 spiro atoms. The van der Waals surface area contributed by atoms with E-state index in [0.29, 0.717) is 12.2 Å². The highest BCUT2D eigenvalue weighted by atomic mass is 32.2. The molecule has 0 saturated heterocycles. The Morgan fingerprint density at radius 1 is 1.46 bits per heavy atom. The first-order valence-electron chi connectivity index (χ1n) is 4.40. The molecular weight excluding hydrogens is 184 g/mol. The predicted octanol–water partition coefficient (Wildman–Crippen LogP) is 2.19. The summed E-state index contributed by atoms with van der Waals surface area (Å²) >= 11 is 0. The van der Waals surface area contributed by atoms with E-state index in [1.54, 1.807) is 6.08 Å². The molecular formula is C10H16O2S. The van der Waals surface area contributed by atoms with E-state index in [4.69, 9.17) is 0 Å². The number of aldehydes is 1. The maximum Gasteiger partial charge on any atom is 0.120 e. The molecule has 0 saturated carbocycles. The fraction of sp³-hybridized carbons (Fsp3) is 0.500. The highest BCUT2D eigenvalue weighted by molar-refractivity contribution is 7.89. The quantitative estimate of drug-likeness (QED) is 0.466. The second-order valence-corrected chi connectivity index (χ2v) is 4.17. The van der Waals surface area contributed by atoms with Crippen molar-refractivity contribution in [3.63, 3.8) is 0 Å². The van der Waals surface area contributed by atoms with Crippen molar-refractivity contribution < 1.29 is 9.00 Å². The van der Waals surface area contributed by atoms with E-state index >= 15 is 0 Å². The summed E-state index contributed by atoms with van der Waals surface area (Å²) in [5.41, 5.74) is 0. The predicted molar refractivity (Wildman–Crippen MR) is 56.9 cm³/mol. The number of hydrogen-bond donors (Lipinski definition) is 0. The largest absolute Gasteiger partial charge is 0.303 e. The van der Waals surface area contributed by atoms with Crippen LogP contribution in [0.2, 0.25) is 0 Å². The van der Waals surface area contributed by atoms with Crippen molar-refractivity contribution in [1.29, 1.82) is 0 Å². The Kier molecular flexibility index (Phi) is 7.50. The van der Waals surface area contributed by atoms with Crippen LogP contribution in [0.25, 0.3) is 0 Å². The van der Waals surface area contributed by atoms with E-state index in [0.717, 1.165) is 24.0 Å². The fourth-order valence-electron chi connectivity index (χ4n) is 0.829. The second-order valence-electron chi connectivity index (χ2n) is 2.60. The van der Waals surface area contributed by atoms with Gasteiger partial charge in [-0.2, -0.15) is 0 Å². The van der Waals surface area contributed by atoms with Crippen molar-refractivity contribution in [1.82, 2.24) is 0 Å². The van der Waals surface area contributed by atoms with Crippen LogP contribution in [0, 0.1) is 0 Å². The standard InChI is InChI=1S/C10H16O2S/c1-3-5-7-10(4-2)13(12)9-6-8-11/h4,7-8H,2-3,5-6,9H2,1H3/b10-7+. The van der Waals surface area contributed by atoms with E-state index in [1.165, 1.54) is 0 Å². The Morgan fingerprint density at radius 2 is 2.15 bits per heavy atom. The van der Waals surface area contributed by atoms with Gasteiger partial charge in [0.1, 0.15) is 6.29 Å². The Hall–Kier alpha value is -0.700. The van der Waals surface area contributed by atoms with Gasteiger partial charge in [0.15, 0.2) is 0 Å². The molecule has 0 aromatic carbocycles. The van der Waals surface area contributed by atoms with Crippen molar-refractivity contribution >= 4 is 17.1 Å². The van der Waals surface area contributed by atoms with Crippen LogP contribution in [-0.4, -0.2) is 16.2 Å². The minimum absolute atomic E-state index is 0.351. The van der Waals surface area contributed by atoms with Gasteiger partial charge in [0.2, 0.25) is 0 Å².